The van der Waals surface area contributed by atoms with Crippen LogP contribution >= 0.6 is 0 Å². The van der Waals surface area contributed by atoms with Crippen LogP contribution in [0, 0.1) is 0 Å². The molecule has 0 radical (unpaired) electrons. The summed E-state index contributed by atoms with van der Waals surface area (Å²) in [6.07, 6.45) is 2.19. The number of para-hydroxylation sites is 1. The maximum absolute atomic E-state index is 5.53. The van der Waals surface area contributed by atoms with Crippen molar-refractivity contribution in [3.8, 4) is 5.75 Å². The molecule has 0 aromatic heterocycles. The third kappa shape index (κ3) is 4.79. The van der Waals surface area contributed by atoms with Gasteiger partial charge in [0.05, 0.1) is 7.11 Å². The van der Waals surface area contributed by atoms with Gasteiger partial charge in [-0.15, -0.1) is 0 Å². The van der Waals surface area contributed by atoms with Gasteiger partial charge in [-0.25, -0.2) is 5.84 Å². The average Bonchev–Trinajstić information content (AvgIpc) is 2.44. The molecule has 0 bridgehead atoms. The first kappa shape index (κ1) is 15.3. The van der Waals surface area contributed by atoms with E-state index in [0.29, 0.717) is 12.5 Å². The number of nitrogens with one attached hydrogen (secondary N) is 1. The molecule has 0 heterocycles. The molecule has 0 amide bonds. The minimum absolute atomic E-state index is 0.694. The van der Waals surface area contributed by atoms with Gasteiger partial charge in [-0.3, -0.25) is 10.4 Å². The second kappa shape index (κ2) is 8.37. The van der Waals surface area contributed by atoms with Gasteiger partial charge in [0.15, 0.2) is 0 Å². The highest BCUT2D eigenvalue weighted by Crippen LogP contribution is 2.18. The van der Waals surface area contributed by atoms with E-state index in [9.17, 15) is 0 Å². The zero-order valence-corrected chi connectivity index (χ0v) is 12.0. The van der Waals surface area contributed by atoms with E-state index >= 15 is 0 Å². The molecule has 1 rings (SSSR count). The van der Waals surface area contributed by atoms with Crippen LogP contribution in [0.2, 0.25) is 0 Å². The minimum Gasteiger partial charge on any atom is -0.496 e. The van der Waals surface area contributed by atoms with Crippen molar-refractivity contribution < 1.29 is 4.74 Å². The number of aliphatic imine (C=N–C) groups is 1. The fraction of sp³-hybridized carbons (Fsp3) is 0.500. The third-order valence-corrected chi connectivity index (χ3v) is 2.86. The molecule has 3 N–H and O–H groups in total. The van der Waals surface area contributed by atoms with Crippen LogP contribution in [0.4, 0.5) is 0 Å². The van der Waals surface area contributed by atoms with Gasteiger partial charge in [0.2, 0.25) is 5.96 Å². The van der Waals surface area contributed by atoms with Gasteiger partial charge >= 0.3 is 0 Å². The number of benzene rings is 1. The summed E-state index contributed by atoms with van der Waals surface area (Å²) in [7, 11) is 3.63. The molecule has 0 aliphatic rings. The van der Waals surface area contributed by atoms with E-state index < -0.39 is 0 Å². The molecule has 0 saturated carbocycles. The maximum Gasteiger partial charge on any atom is 0.208 e. The summed E-state index contributed by atoms with van der Waals surface area (Å²) in [4.78, 5) is 6.43. The Morgan fingerprint density at radius 3 is 2.79 bits per heavy atom. The first-order valence-electron chi connectivity index (χ1n) is 6.57. The predicted octanol–water partition coefficient (Wildman–Crippen LogP) is 1.75. The number of nitrogens with zero attached hydrogens (tertiary/aromatic N) is 2. The molecule has 0 unspecified atom stereocenters. The zero-order chi connectivity index (χ0) is 14.1. The van der Waals surface area contributed by atoms with Crippen molar-refractivity contribution in [2.24, 2.45) is 10.8 Å². The van der Waals surface area contributed by atoms with Crippen LogP contribution in [0.1, 0.15) is 25.3 Å². The van der Waals surface area contributed by atoms with Gasteiger partial charge in [-0.1, -0.05) is 31.5 Å². The average molecular weight is 264 g/mol. The van der Waals surface area contributed by atoms with E-state index in [1.807, 2.05) is 36.2 Å². The topological polar surface area (TPSA) is 62.9 Å². The summed E-state index contributed by atoms with van der Waals surface area (Å²) >= 11 is 0. The first-order valence-corrected chi connectivity index (χ1v) is 6.57. The monoisotopic (exact) mass is 264 g/mol. The summed E-state index contributed by atoms with van der Waals surface area (Å²) in [5, 5.41) is 0. The van der Waals surface area contributed by atoms with Gasteiger partial charge in [-0.05, 0) is 12.5 Å². The second-order valence-electron chi connectivity index (χ2n) is 4.37. The molecule has 0 aliphatic heterocycles. The summed E-state index contributed by atoms with van der Waals surface area (Å²) in [5.74, 6) is 7.09. The molecule has 5 nitrogen and oxygen atoms in total. The fourth-order valence-corrected chi connectivity index (χ4v) is 1.78. The van der Waals surface area contributed by atoms with Crippen molar-refractivity contribution >= 4 is 5.96 Å². The maximum atomic E-state index is 5.53. The summed E-state index contributed by atoms with van der Waals surface area (Å²) in [6.45, 7) is 3.62. The lowest BCUT2D eigenvalue weighted by molar-refractivity contribution is 0.396. The minimum atomic E-state index is 0.694. The van der Waals surface area contributed by atoms with Crippen LogP contribution in [0.3, 0.4) is 0 Å². The van der Waals surface area contributed by atoms with E-state index in [1.165, 1.54) is 0 Å². The largest absolute Gasteiger partial charge is 0.496 e. The third-order valence-electron chi connectivity index (χ3n) is 2.86. The molecular formula is C14H24N4O. The van der Waals surface area contributed by atoms with Crippen molar-refractivity contribution in [3.63, 3.8) is 0 Å². The van der Waals surface area contributed by atoms with E-state index in [0.717, 1.165) is 30.7 Å². The lowest BCUT2D eigenvalue weighted by atomic mass is 10.2. The Morgan fingerprint density at radius 1 is 1.42 bits per heavy atom. The molecule has 0 saturated heterocycles. The van der Waals surface area contributed by atoms with Crippen molar-refractivity contribution in [3.05, 3.63) is 29.8 Å². The normalized spacial score (nSPS) is 11.3. The van der Waals surface area contributed by atoms with Crippen molar-refractivity contribution in [2.45, 2.75) is 26.3 Å². The number of hydrazine groups is 1. The number of methoxy groups -OCH3 is 1. The molecular weight excluding hydrogens is 240 g/mol. The van der Waals surface area contributed by atoms with Crippen LogP contribution in [-0.4, -0.2) is 31.6 Å². The summed E-state index contributed by atoms with van der Waals surface area (Å²) in [5.41, 5.74) is 3.76. The smallest absolute Gasteiger partial charge is 0.208 e. The van der Waals surface area contributed by atoms with Crippen LogP contribution in [0.25, 0.3) is 0 Å². The van der Waals surface area contributed by atoms with E-state index in [1.54, 1.807) is 7.11 Å². The highest BCUT2D eigenvalue weighted by atomic mass is 16.5. The SMILES string of the molecule is CCCCN=C(NN)N(C)Cc1ccccc1OC. The Bertz CT molecular complexity index is 406. The number of rotatable bonds is 6. The van der Waals surface area contributed by atoms with Crippen LogP contribution in [0.15, 0.2) is 29.3 Å². The van der Waals surface area contributed by atoms with E-state index in [-0.39, 0.29) is 0 Å². The Labute approximate surface area is 115 Å². The standard InChI is InChI=1S/C14H24N4O/c1-4-5-10-16-14(17-15)18(2)11-12-8-6-7-9-13(12)19-3/h6-9H,4-5,10-11,15H2,1-3H3,(H,16,17). The van der Waals surface area contributed by atoms with E-state index in [2.05, 4.69) is 17.3 Å². The van der Waals surface area contributed by atoms with Crippen LogP contribution in [0.5, 0.6) is 5.75 Å². The van der Waals surface area contributed by atoms with E-state index in [4.69, 9.17) is 10.6 Å². The number of nitrogens with two attached hydrogens (primary N) is 1. The second-order valence-corrected chi connectivity index (χ2v) is 4.37. The van der Waals surface area contributed by atoms with Crippen molar-refractivity contribution in [2.75, 3.05) is 20.7 Å². The molecule has 0 fully saturated rings. The Hall–Kier alpha value is -1.75. The lowest BCUT2D eigenvalue weighted by Crippen LogP contribution is -2.42. The molecule has 1 aromatic carbocycles. The molecule has 19 heavy (non-hydrogen) atoms. The molecule has 0 aliphatic carbocycles. The Kier molecular flexibility index (Phi) is 6.74. The molecule has 106 valence electrons. The van der Waals surface area contributed by atoms with Crippen LogP contribution < -0.4 is 16.0 Å². The first-order chi connectivity index (χ1) is 9.22. The van der Waals surface area contributed by atoms with Gasteiger partial charge < -0.3 is 9.64 Å². The number of hydrogen-bond donors (Lipinski definition) is 2. The number of unbranched alkanes of at least 4 members (excludes halogenated alkanes) is 1. The van der Waals surface area contributed by atoms with Gasteiger partial charge in [0.25, 0.3) is 0 Å². The van der Waals surface area contributed by atoms with Crippen molar-refractivity contribution in [1.29, 1.82) is 0 Å². The molecule has 1 aromatic rings. The highest BCUT2D eigenvalue weighted by molar-refractivity contribution is 5.79. The lowest BCUT2D eigenvalue weighted by Gasteiger charge is -2.21. The predicted molar refractivity (Wildman–Crippen MR) is 79.0 cm³/mol. The molecule has 0 spiro atoms. The number of ether oxygens (including phenoxy) is 1. The quantitative estimate of drug-likeness (QED) is 0.270. The van der Waals surface area contributed by atoms with Crippen molar-refractivity contribution in [1.82, 2.24) is 10.3 Å². The zero-order valence-electron chi connectivity index (χ0n) is 12.0. The molecule has 0 atom stereocenters. The summed E-state index contributed by atoms with van der Waals surface area (Å²) < 4.78 is 5.34. The van der Waals surface area contributed by atoms with Gasteiger partial charge in [-0.2, -0.15) is 0 Å². The molecule has 5 heteroatoms. The number of guanidine groups is 1. The highest BCUT2D eigenvalue weighted by Gasteiger charge is 2.08. The summed E-state index contributed by atoms with van der Waals surface area (Å²) in [6, 6.07) is 7.94. The number of hydrogen-bond acceptors (Lipinski definition) is 3. The van der Waals surface area contributed by atoms with Gasteiger partial charge in [0, 0.05) is 25.7 Å². The van der Waals surface area contributed by atoms with Crippen LogP contribution in [-0.2, 0) is 6.54 Å². The van der Waals surface area contributed by atoms with Gasteiger partial charge in [0.1, 0.15) is 5.75 Å². The fourth-order valence-electron chi connectivity index (χ4n) is 1.78. The Morgan fingerprint density at radius 2 is 2.16 bits per heavy atom. The Balaban J connectivity index is 2.70.